The van der Waals surface area contributed by atoms with E-state index in [1.165, 1.54) is 32.4 Å². The van der Waals surface area contributed by atoms with Crippen molar-refractivity contribution in [1.82, 2.24) is 10.2 Å². The van der Waals surface area contributed by atoms with Crippen molar-refractivity contribution < 1.29 is 5.11 Å². The Morgan fingerprint density at radius 3 is 2.60 bits per heavy atom. The summed E-state index contributed by atoms with van der Waals surface area (Å²) in [5, 5.41) is 13.0. The van der Waals surface area contributed by atoms with Gasteiger partial charge in [0.1, 0.15) is 0 Å². The first-order chi connectivity index (χ1) is 7.30. The average Bonchev–Trinajstić information content (AvgIpc) is 2.28. The van der Waals surface area contributed by atoms with Crippen LogP contribution < -0.4 is 5.32 Å². The van der Waals surface area contributed by atoms with Crippen LogP contribution in [0, 0.1) is 5.92 Å². The molecule has 3 aliphatic heterocycles. The van der Waals surface area contributed by atoms with Crippen LogP contribution in [0.25, 0.3) is 0 Å². The highest BCUT2D eigenvalue weighted by atomic mass is 16.3. The highest BCUT2D eigenvalue weighted by Gasteiger charge is 2.45. The molecule has 0 spiro atoms. The SMILES string of the molecule is CCCNC1(CCO)CN2CCC1CC2. The van der Waals surface area contributed by atoms with Gasteiger partial charge < -0.3 is 15.3 Å². The summed E-state index contributed by atoms with van der Waals surface area (Å²) >= 11 is 0. The standard InChI is InChI=1S/C12H24N2O/c1-2-6-13-12(5-9-15)10-14-7-3-11(12)4-8-14/h11,13,15H,2-10H2,1H3. The predicted octanol–water partition coefficient (Wildman–Crippen LogP) is 0.833. The van der Waals surface area contributed by atoms with Crippen LogP contribution in [-0.2, 0) is 0 Å². The summed E-state index contributed by atoms with van der Waals surface area (Å²) in [5.74, 6) is 0.793. The summed E-state index contributed by atoms with van der Waals surface area (Å²) in [7, 11) is 0. The largest absolute Gasteiger partial charge is 0.396 e. The van der Waals surface area contributed by atoms with Crippen LogP contribution in [-0.4, -0.2) is 48.3 Å². The van der Waals surface area contributed by atoms with Crippen molar-refractivity contribution in [3.8, 4) is 0 Å². The van der Waals surface area contributed by atoms with Crippen molar-refractivity contribution in [2.45, 2.75) is 38.1 Å². The first-order valence-corrected chi connectivity index (χ1v) is 6.39. The molecule has 3 saturated heterocycles. The number of hydrogen-bond donors (Lipinski definition) is 2. The Bertz CT molecular complexity index is 202. The van der Waals surface area contributed by atoms with E-state index in [1.54, 1.807) is 0 Å². The highest BCUT2D eigenvalue weighted by molar-refractivity contribution is 5.03. The van der Waals surface area contributed by atoms with Gasteiger partial charge in [0.05, 0.1) is 0 Å². The van der Waals surface area contributed by atoms with Crippen LogP contribution in [0.1, 0.15) is 32.6 Å². The number of nitrogens with zero attached hydrogens (tertiary/aromatic N) is 1. The smallest absolute Gasteiger partial charge is 0.0449 e. The number of hydrogen-bond acceptors (Lipinski definition) is 3. The minimum absolute atomic E-state index is 0.223. The number of aliphatic hydroxyl groups is 1. The fourth-order valence-corrected chi connectivity index (χ4v) is 3.32. The maximum atomic E-state index is 9.25. The van der Waals surface area contributed by atoms with E-state index in [2.05, 4.69) is 17.1 Å². The van der Waals surface area contributed by atoms with Crippen molar-refractivity contribution in [3.05, 3.63) is 0 Å². The Balaban J connectivity index is 2.04. The Labute approximate surface area is 92.8 Å². The minimum Gasteiger partial charge on any atom is -0.396 e. The third-order valence-corrected chi connectivity index (χ3v) is 4.16. The molecule has 88 valence electrons. The zero-order chi connectivity index (χ0) is 10.7. The van der Waals surface area contributed by atoms with Crippen molar-refractivity contribution in [3.63, 3.8) is 0 Å². The van der Waals surface area contributed by atoms with Crippen LogP contribution in [0.5, 0.6) is 0 Å². The maximum Gasteiger partial charge on any atom is 0.0449 e. The van der Waals surface area contributed by atoms with Crippen LogP contribution in [0.4, 0.5) is 0 Å². The van der Waals surface area contributed by atoms with Gasteiger partial charge in [-0.2, -0.15) is 0 Å². The summed E-state index contributed by atoms with van der Waals surface area (Å²) in [6.07, 6.45) is 4.74. The van der Waals surface area contributed by atoms with Crippen LogP contribution in [0.15, 0.2) is 0 Å². The van der Waals surface area contributed by atoms with Crippen LogP contribution in [0.2, 0.25) is 0 Å². The monoisotopic (exact) mass is 212 g/mol. The Hall–Kier alpha value is -0.120. The van der Waals surface area contributed by atoms with Gasteiger partial charge in [-0.05, 0) is 51.2 Å². The summed E-state index contributed by atoms with van der Waals surface area (Å²) in [6.45, 7) is 7.31. The summed E-state index contributed by atoms with van der Waals surface area (Å²) in [6, 6.07) is 0. The fourth-order valence-electron chi connectivity index (χ4n) is 3.32. The number of piperidine rings is 3. The molecule has 0 radical (unpaired) electrons. The molecule has 1 atom stereocenters. The van der Waals surface area contributed by atoms with Gasteiger partial charge in [0.2, 0.25) is 0 Å². The van der Waals surface area contributed by atoms with Crippen molar-refractivity contribution in [1.29, 1.82) is 0 Å². The second-order valence-electron chi connectivity index (χ2n) is 5.11. The van der Waals surface area contributed by atoms with E-state index >= 15 is 0 Å². The van der Waals surface area contributed by atoms with E-state index in [9.17, 15) is 5.11 Å². The quantitative estimate of drug-likeness (QED) is 0.708. The van der Waals surface area contributed by atoms with E-state index in [4.69, 9.17) is 0 Å². The van der Waals surface area contributed by atoms with Crippen molar-refractivity contribution in [2.24, 2.45) is 5.92 Å². The van der Waals surface area contributed by atoms with Gasteiger partial charge in [0.25, 0.3) is 0 Å². The molecule has 3 heteroatoms. The van der Waals surface area contributed by atoms with E-state index in [1.807, 2.05) is 0 Å². The van der Waals surface area contributed by atoms with E-state index in [0.717, 1.165) is 25.4 Å². The molecule has 3 heterocycles. The van der Waals surface area contributed by atoms with Gasteiger partial charge in [0.15, 0.2) is 0 Å². The number of aliphatic hydroxyl groups excluding tert-OH is 1. The van der Waals surface area contributed by atoms with E-state index in [0.29, 0.717) is 6.61 Å². The molecule has 1 unspecified atom stereocenters. The molecule has 0 aliphatic carbocycles. The van der Waals surface area contributed by atoms with E-state index < -0.39 is 0 Å². The molecule has 0 aromatic carbocycles. The molecular formula is C12H24N2O. The second-order valence-corrected chi connectivity index (χ2v) is 5.11. The number of nitrogens with one attached hydrogen (secondary N) is 1. The molecule has 0 aromatic rings. The normalized spacial score (nSPS) is 39.6. The third kappa shape index (κ3) is 2.19. The Kier molecular flexibility index (Phi) is 3.65. The molecule has 3 fully saturated rings. The molecule has 2 bridgehead atoms. The molecular weight excluding hydrogens is 188 g/mol. The zero-order valence-corrected chi connectivity index (χ0v) is 9.84. The topological polar surface area (TPSA) is 35.5 Å². The zero-order valence-electron chi connectivity index (χ0n) is 9.84. The number of fused-ring (bicyclic) bond motifs is 3. The lowest BCUT2D eigenvalue weighted by Gasteiger charge is -2.54. The molecule has 3 nitrogen and oxygen atoms in total. The Morgan fingerprint density at radius 1 is 1.40 bits per heavy atom. The van der Waals surface area contributed by atoms with Crippen LogP contribution in [0.3, 0.4) is 0 Å². The number of rotatable bonds is 5. The summed E-state index contributed by atoms with van der Waals surface area (Å²) in [4.78, 5) is 2.55. The molecule has 0 amide bonds. The lowest BCUT2D eigenvalue weighted by Crippen LogP contribution is -2.66. The predicted molar refractivity (Wildman–Crippen MR) is 61.9 cm³/mol. The van der Waals surface area contributed by atoms with Crippen LogP contribution >= 0.6 is 0 Å². The van der Waals surface area contributed by atoms with Gasteiger partial charge >= 0.3 is 0 Å². The molecule has 0 aromatic heterocycles. The van der Waals surface area contributed by atoms with Crippen molar-refractivity contribution >= 4 is 0 Å². The van der Waals surface area contributed by atoms with E-state index in [-0.39, 0.29) is 5.54 Å². The van der Waals surface area contributed by atoms with Gasteiger partial charge in [-0.25, -0.2) is 0 Å². The van der Waals surface area contributed by atoms with Gasteiger partial charge in [-0.15, -0.1) is 0 Å². The lowest BCUT2D eigenvalue weighted by atomic mass is 9.71. The van der Waals surface area contributed by atoms with Gasteiger partial charge in [0, 0.05) is 18.7 Å². The lowest BCUT2D eigenvalue weighted by molar-refractivity contribution is -0.00692. The maximum absolute atomic E-state index is 9.25. The minimum atomic E-state index is 0.223. The van der Waals surface area contributed by atoms with Gasteiger partial charge in [-0.3, -0.25) is 0 Å². The molecule has 0 saturated carbocycles. The van der Waals surface area contributed by atoms with Gasteiger partial charge in [-0.1, -0.05) is 6.92 Å². The molecule has 3 rings (SSSR count). The summed E-state index contributed by atoms with van der Waals surface area (Å²) in [5.41, 5.74) is 0.223. The molecule has 2 N–H and O–H groups in total. The average molecular weight is 212 g/mol. The molecule has 3 aliphatic rings. The van der Waals surface area contributed by atoms with Crippen molar-refractivity contribution in [2.75, 3.05) is 32.8 Å². The summed E-state index contributed by atoms with van der Waals surface area (Å²) < 4.78 is 0. The third-order valence-electron chi connectivity index (χ3n) is 4.16. The fraction of sp³-hybridized carbons (Fsp3) is 1.00. The highest BCUT2D eigenvalue weighted by Crippen LogP contribution is 2.37. The first-order valence-electron chi connectivity index (χ1n) is 6.39. The first kappa shape index (κ1) is 11.4. The molecule has 15 heavy (non-hydrogen) atoms. The Morgan fingerprint density at radius 2 is 2.13 bits per heavy atom. The second kappa shape index (κ2) is 4.81.